The molecule has 0 unspecified atom stereocenters. The number of unbranched alkanes of at least 4 members (excludes halogenated alkanes) is 2. The van der Waals surface area contributed by atoms with E-state index < -0.39 is 0 Å². The molecule has 0 spiro atoms. The SMILES string of the molecule is CCCCc1ccc(C(=O)CCCCC(=O)OCC)cc1. The topological polar surface area (TPSA) is 43.4 Å². The molecule has 0 amide bonds. The lowest BCUT2D eigenvalue weighted by Crippen LogP contribution is -2.04. The van der Waals surface area contributed by atoms with Crippen molar-refractivity contribution in [2.45, 2.75) is 58.8 Å². The van der Waals surface area contributed by atoms with Crippen LogP contribution in [0.1, 0.15) is 68.3 Å². The molecular weight excluding hydrogens is 264 g/mol. The quantitative estimate of drug-likeness (QED) is 0.366. The first kappa shape index (κ1) is 17.4. The molecule has 0 atom stereocenters. The summed E-state index contributed by atoms with van der Waals surface area (Å²) < 4.78 is 4.86. The lowest BCUT2D eigenvalue weighted by atomic mass is 10.0. The van der Waals surface area contributed by atoms with Gasteiger partial charge in [-0.3, -0.25) is 9.59 Å². The van der Waals surface area contributed by atoms with E-state index in [4.69, 9.17) is 4.74 Å². The Kier molecular flexibility index (Phi) is 8.41. The maximum Gasteiger partial charge on any atom is 0.305 e. The van der Waals surface area contributed by atoms with Crippen LogP contribution in [-0.2, 0) is 16.0 Å². The van der Waals surface area contributed by atoms with Gasteiger partial charge in [-0.1, -0.05) is 37.6 Å². The second kappa shape index (κ2) is 10.1. The van der Waals surface area contributed by atoms with Crippen molar-refractivity contribution >= 4 is 11.8 Å². The molecule has 1 aromatic carbocycles. The Morgan fingerprint density at radius 1 is 0.952 bits per heavy atom. The second-order valence-electron chi connectivity index (χ2n) is 5.24. The molecule has 0 fully saturated rings. The zero-order chi connectivity index (χ0) is 15.5. The summed E-state index contributed by atoms with van der Waals surface area (Å²) in [6.45, 7) is 4.39. The molecule has 1 rings (SSSR count). The van der Waals surface area contributed by atoms with Crippen molar-refractivity contribution in [3.05, 3.63) is 35.4 Å². The van der Waals surface area contributed by atoms with Crippen molar-refractivity contribution in [1.29, 1.82) is 0 Å². The minimum Gasteiger partial charge on any atom is -0.466 e. The van der Waals surface area contributed by atoms with E-state index in [9.17, 15) is 9.59 Å². The van der Waals surface area contributed by atoms with Crippen LogP contribution < -0.4 is 0 Å². The van der Waals surface area contributed by atoms with Gasteiger partial charge >= 0.3 is 5.97 Å². The van der Waals surface area contributed by atoms with E-state index >= 15 is 0 Å². The van der Waals surface area contributed by atoms with Crippen LogP contribution in [0.3, 0.4) is 0 Å². The number of hydrogen-bond acceptors (Lipinski definition) is 3. The van der Waals surface area contributed by atoms with E-state index in [0.29, 0.717) is 25.9 Å². The zero-order valence-electron chi connectivity index (χ0n) is 13.2. The molecule has 116 valence electrons. The number of benzene rings is 1. The summed E-state index contributed by atoms with van der Waals surface area (Å²) in [4.78, 5) is 23.2. The number of esters is 1. The molecule has 0 N–H and O–H groups in total. The Hall–Kier alpha value is -1.64. The Labute approximate surface area is 127 Å². The van der Waals surface area contributed by atoms with Crippen molar-refractivity contribution < 1.29 is 14.3 Å². The lowest BCUT2D eigenvalue weighted by molar-refractivity contribution is -0.143. The third-order valence-electron chi connectivity index (χ3n) is 3.43. The number of rotatable bonds is 10. The maximum atomic E-state index is 12.0. The standard InChI is InChI=1S/C18H26O3/c1-3-5-8-15-11-13-16(14-12-15)17(19)9-6-7-10-18(20)21-4-2/h11-14H,3-10H2,1-2H3. The van der Waals surface area contributed by atoms with Crippen molar-refractivity contribution in [2.75, 3.05) is 6.61 Å². The highest BCUT2D eigenvalue weighted by atomic mass is 16.5. The van der Waals surface area contributed by atoms with Gasteiger partial charge in [-0.05, 0) is 38.2 Å². The van der Waals surface area contributed by atoms with Gasteiger partial charge in [0.25, 0.3) is 0 Å². The fraction of sp³-hybridized carbons (Fsp3) is 0.556. The van der Waals surface area contributed by atoms with Gasteiger partial charge in [0.05, 0.1) is 6.61 Å². The van der Waals surface area contributed by atoms with Crippen molar-refractivity contribution in [1.82, 2.24) is 0 Å². The second-order valence-corrected chi connectivity index (χ2v) is 5.24. The summed E-state index contributed by atoms with van der Waals surface area (Å²) >= 11 is 0. The minimum atomic E-state index is -0.176. The van der Waals surface area contributed by atoms with E-state index in [-0.39, 0.29) is 11.8 Å². The van der Waals surface area contributed by atoms with Crippen LogP contribution >= 0.6 is 0 Å². The molecule has 1 aromatic rings. The van der Waals surface area contributed by atoms with Gasteiger partial charge < -0.3 is 4.74 Å². The molecule has 0 saturated heterocycles. The molecule has 0 aliphatic rings. The number of ether oxygens (including phenoxy) is 1. The Morgan fingerprint density at radius 3 is 2.24 bits per heavy atom. The fourth-order valence-corrected chi connectivity index (χ4v) is 2.17. The third kappa shape index (κ3) is 7.07. The molecule has 0 saturated carbocycles. The van der Waals surface area contributed by atoms with Crippen LogP contribution in [0, 0.1) is 0 Å². The van der Waals surface area contributed by atoms with Crippen LogP contribution in [0.5, 0.6) is 0 Å². The molecule has 0 radical (unpaired) electrons. The fourth-order valence-electron chi connectivity index (χ4n) is 2.17. The summed E-state index contributed by atoms with van der Waals surface area (Å²) in [7, 11) is 0. The maximum absolute atomic E-state index is 12.0. The molecule has 0 bridgehead atoms. The first-order chi connectivity index (χ1) is 10.2. The molecule has 0 aliphatic heterocycles. The average molecular weight is 290 g/mol. The molecule has 3 heteroatoms. The molecule has 21 heavy (non-hydrogen) atoms. The number of carbonyl (C=O) groups is 2. The Balaban J connectivity index is 2.30. The first-order valence-corrected chi connectivity index (χ1v) is 7.95. The number of aryl methyl sites for hydroxylation is 1. The van der Waals surface area contributed by atoms with E-state index in [2.05, 4.69) is 6.92 Å². The summed E-state index contributed by atoms with van der Waals surface area (Å²) in [5.41, 5.74) is 2.06. The molecular formula is C18H26O3. The monoisotopic (exact) mass is 290 g/mol. The minimum absolute atomic E-state index is 0.154. The first-order valence-electron chi connectivity index (χ1n) is 7.95. The van der Waals surface area contributed by atoms with Gasteiger partial charge in [0.15, 0.2) is 5.78 Å². The van der Waals surface area contributed by atoms with Gasteiger partial charge in [-0.2, -0.15) is 0 Å². The van der Waals surface area contributed by atoms with Crippen LogP contribution in [0.4, 0.5) is 0 Å². The lowest BCUT2D eigenvalue weighted by Gasteiger charge is -2.04. The highest BCUT2D eigenvalue weighted by molar-refractivity contribution is 5.96. The normalized spacial score (nSPS) is 10.4. The number of Topliss-reactive ketones (excluding diaryl/α,β-unsaturated/α-hetero) is 1. The zero-order valence-corrected chi connectivity index (χ0v) is 13.2. The molecule has 0 heterocycles. The van der Waals surface area contributed by atoms with Crippen LogP contribution in [-0.4, -0.2) is 18.4 Å². The summed E-state index contributed by atoms with van der Waals surface area (Å²) in [5.74, 6) is -0.0221. The Bertz CT molecular complexity index is 434. The third-order valence-corrected chi connectivity index (χ3v) is 3.43. The van der Waals surface area contributed by atoms with Crippen LogP contribution in [0.25, 0.3) is 0 Å². The largest absolute Gasteiger partial charge is 0.466 e. The van der Waals surface area contributed by atoms with Crippen molar-refractivity contribution in [3.63, 3.8) is 0 Å². The van der Waals surface area contributed by atoms with Gasteiger partial charge in [-0.15, -0.1) is 0 Å². The van der Waals surface area contributed by atoms with Gasteiger partial charge in [0, 0.05) is 18.4 Å². The highest BCUT2D eigenvalue weighted by Crippen LogP contribution is 2.12. The highest BCUT2D eigenvalue weighted by Gasteiger charge is 2.07. The van der Waals surface area contributed by atoms with Gasteiger partial charge in [0.1, 0.15) is 0 Å². The Morgan fingerprint density at radius 2 is 1.62 bits per heavy atom. The van der Waals surface area contributed by atoms with Crippen LogP contribution in [0.2, 0.25) is 0 Å². The average Bonchev–Trinajstić information content (AvgIpc) is 2.50. The summed E-state index contributed by atoms with van der Waals surface area (Å²) in [5, 5.41) is 0. The van der Waals surface area contributed by atoms with E-state index in [1.165, 1.54) is 18.4 Å². The predicted molar refractivity (Wildman–Crippen MR) is 84.5 cm³/mol. The van der Waals surface area contributed by atoms with Gasteiger partial charge in [-0.25, -0.2) is 0 Å². The van der Waals surface area contributed by atoms with Crippen molar-refractivity contribution in [2.24, 2.45) is 0 Å². The number of carbonyl (C=O) groups excluding carboxylic acids is 2. The molecule has 0 aliphatic carbocycles. The molecule has 3 nitrogen and oxygen atoms in total. The van der Waals surface area contributed by atoms with E-state index in [0.717, 1.165) is 18.4 Å². The summed E-state index contributed by atoms with van der Waals surface area (Å²) in [6, 6.07) is 7.92. The predicted octanol–water partition coefficient (Wildman–Crippen LogP) is 4.34. The molecule has 0 aromatic heterocycles. The number of hydrogen-bond donors (Lipinski definition) is 0. The van der Waals surface area contributed by atoms with E-state index in [1.54, 1.807) is 6.92 Å². The summed E-state index contributed by atoms with van der Waals surface area (Å²) in [6.07, 6.45) is 5.77. The van der Waals surface area contributed by atoms with Crippen LogP contribution in [0.15, 0.2) is 24.3 Å². The van der Waals surface area contributed by atoms with E-state index in [1.807, 2.05) is 24.3 Å². The van der Waals surface area contributed by atoms with Gasteiger partial charge in [0.2, 0.25) is 0 Å². The smallest absolute Gasteiger partial charge is 0.305 e. The van der Waals surface area contributed by atoms with Crippen molar-refractivity contribution in [3.8, 4) is 0 Å². The number of ketones is 1.